The second-order valence-electron chi connectivity index (χ2n) is 13.8. The van der Waals surface area contributed by atoms with Crippen molar-refractivity contribution < 1.29 is 56.9 Å². The van der Waals surface area contributed by atoms with E-state index < -0.39 is 88.7 Å². The number of carbonyl (C=O) groups excluding carboxylic acids is 4. The lowest BCUT2D eigenvalue weighted by Gasteiger charge is -2.28. The number of benzene rings is 2. The third kappa shape index (κ3) is 14.2. The Kier molecular flexibility index (Phi) is 16.7. The topological polar surface area (TPSA) is 260 Å². The Morgan fingerprint density at radius 3 is 2.17 bits per heavy atom. The van der Waals surface area contributed by atoms with E-state index >= 15 is 0 Å². The highest BCUT2D eigenvalue weighted by molar-refractivity contribution is 7.92. The normalized spacial score (nSPS) is 15.5. The van der Waals surface area contributed by atoms with Gasteiger partial charge in [-0.15, -0.1) is 0 Å². The molecule has 1 aliphatic rings. The lowest BCUT2D eigenvalue weighted by molar-refractivity contribution is -0.140. The fourth-order valence-corrected chi connectivity index (χ4v) is 7.06. The zero-order valence-electron chi connectivity index (χ0n) is 32.0. The molecule has 1 aliphatic heterocycles. The Balaban J connectivity index is 1.55. The maximum Gasteiger partial charge on any atom is 0.408 e. The van der Waals surface area contributed by atoms with E-state index in [1.165, 1.54) is 10.4 Å². The van der Waals surface area contributed by atoms with Gasteiger partial charge >= 0.3 is 18.0 Å². The maximum atomic E-state index is 14.1. The van der Waals surface area contributed by atoms with E-state index in [1.807, 2.05) is 12.1 Å². The van der Waals surface area contributed by atoms with Crippen LogP contribution in [0.1, 0.15) is 44.4 Å². The standard InChI is InChI=1S/C39H48N6O12S/c1-25(2)35(38(52)41-28(14-15-33(46)47)16-21-58(54,55)45-17-19-56-20-18-45)44-37(51)31(22-29-13-12-27-10-6-7-11-30(27)40-29)42-36(50)32(23-34(48)49)43-39(53)57-24-26-8-4-3-5-9-26/h3-13,16,21,25,28,31-32,35H,14-15,17-20,22-24H2,1-2H3,(H,41,52)(H,42,50)(H,43,53)(H,44,51)(H,46,47)(H,48,49)/b21-16+/t28-,31-,32-,35-/m0/s1. The minimum absolute atomic E-state index is 0.123. The zero-order chi connectivity index (χ0) is 42.2. The Labute approximate surface area is 335 Å². The van der Waals surface area contributed by atoms with Gasteiger partial charge in [-0.3, -0.25) is 29.0 Å². The van der Waals surface area contributed by atoms with Crippen LogP contribution in [0.4, 0.5) is 4.79 Å². The van der Waals surface area contributed by atoms with E-state index in [-0.39, 0.29) is 45.8 Å². The summed E-state index contributed by atoms with van der Waals surface area (Å²) in [5.74, 6) is -5.87. The molecule has 2 aromatic carbocycles. The van der Waals surface area contributed by atoms with Crippen molar-refractivity contribution in [1.82, 2.24) is 30.6 Å². The van der Waals surface area contributed by atoms with Crippen LogP contribution in [-0.2, 0) is 56.5 Å². The Morgan fingerprint density at radius 1 is 0.828 bits per heavy atom. The second kappa shape index (κ2) is 21.6. The van der Waals surface area contributed by atoms with E-state index in [2.05, 4.69) is 26.3 Å². The summed E-state index contributed by atoms with van der Waals surface area (Å²) in [7, 11) is -3.93. The first-order valence-electron chi connectivity index (χ1n) is 18.5. The number of morpholine rings is 1. The third-order valence-corrected chi connectivity index (χ3v) is 10.5. The van der Waals surface area contributed by atoms with Gasteiger partial charge < -0.3 is 41.0 Å². The number of sulfonamides is 1. The van der Waals surface area contributed by atoms with Crippen molar-refractivity contribution in [2.75, 3.05) is 26.3 Å². The second-order valence-corrected chi connectivity index (χ2v) is 15.6. The van der Waals surface area contributed by atoms with Crippen LogP contribution >= 0.6 is 0 Å². The van der Waals surface area contributed by atoms with Crippen LogP contribution < -0.4 is 21.3 Å². The SMILES string of the molecule is CC(C)[C@H](NC(=O)[C@H](Cc1ccc2ccccc2n1)NC(=O)[C@H](CC(=O)O)NC(=O)OCc1ccccc1)C(=O)N[C@H](/C=C/S(=O)(=O)N1CCOCC1)CCC(=O)O. The van der Waals surface area contributed by atoms with Crippen molar-refractivity contribution in [1.29, 1.82) is 0 Å². The summed E-state index contributed by atoms with van der Waals surface area (Å²) >= 11 is 0. The molecule has 0 radical (unpaired) electrons. The summed E-state index contributed by atoms with van der Waals surface area (Å²) in [6.07, 6.45) is -1.58. The van der Waals surface area contributed by atoms with Gasteiger partial charge in [0.1, 0.15) is 24.7 Å². The monoisotopic (exact) mass is 824 g/mol. The molecule has 19 heteroatoms. The molecule has 3 aromatic rings. The molecule has 18 nitrogen and oxygen atoms in total. The molecule has 0 spiro atoms. The number of rotatable bonds is 20. The van der Waals surface area contributed by atoms with Gasteiger partial charge in [-0.05, 0) is 36.1 Å². The fraction of sp³-hybridized carbons (Fsp3) is 0.410. The molecule has 1 saturated heterocycles. The third-order valence-electron chi connectivity index (χ3n) is 8.96. The van der Waals surface area contributed by atoms with Crippen LogP contribution in [0, 0.1) is 5.92 Å². The fourth-order valence-electron chi connectivity index (χ4n) is 5.84. The number of nitrogens with one attached hydrogen (secondary N) is 4. The Hall–Kier alpha value is -5.92. The van der Waals surface area contributed by atoms with Crippen LogP contribution in [0.25, 0.3) is 10.9 Å². The number of nitrogens with zero attached hydrogens (tertiary/aromatic N) is 2. The summed E-state index contributed by atoms with van der Waals surface area (Å²) in [4.78, 5) is 82.0. The van der Waals surface area contributed by atoms with Gasteiger partial charge in [0, 0.05) is 48.5 Å². The van der Waals surface area contributed by atoms with Crippen LogP contribution in [0.2, 0.25) is 0 Å². The molecule has 4 atom stereocenters. The molecule has 6 N–H and O–H groups in total. The van der Waals surface area contributed by atoms with Crippen LogP contribution in [0.3, 0.4) is 0 Å². The van der Waals surface area contributed by atoms with Crippen LogP contribution in [0.5, 0.6) is 0 Å². The van der Waals surface area contributed by atoms with E-state index in [0.717, 1.165) is 10.8 Å². The number of amides is 4. The minimum atomic E-state index is -3.93. The number of ether oxygens (including phenoxy) is 2. The van der Waals surface area contributed by atoms with Gasteiger partial charge in [0.25, 0.3) is 0 Å². The lowest BCUT2D eigenvalue weighted by atomic mass is 10.0. The lowest BCUT2D eigenvalue weighted by Crippen LogP contribution is -2.59. The summed E-state index contributed by atoms with van der Waals surface area (Å²) in [6, 6.07) is 13.7. The van der Waals surface area contributed by atoms with Gasteiger partial charge in [0.15, 0.2) is 0 Å². The number of carbonyl (C=O) groups is 6. The molecule has 0 bridgehead atoms. The number of hydrogen-bond donors (Lipinski definition) is 6. The first-order valence-corrected chi connectivity index (χ1v) is 20.0. The molecule has 1 aromatic heterocycles. The Morgan fingerprint density at radius 2 is 1.50 bits per heavy atom. The van der Waals surface area contributed by atoms with Crippen LogP contribution in [-0.4, -0.2) is 114 Å². The number of aromatic nitrogens is 1. The highest BCUT2D eigenvalue weighted by Crippen LogP contribution is 2.15. The smallest absolute Gasteiger partial charge is 0.408 e. The average Bonchev–Trinajstić information content (AvgIpc) is 3.19. The van der Waals surface area contributed by atoms with Gasteiger partial charge in [-0.2, -0.15) is 4.31 Å². The largest absolute Gasteiger partial charge is 0.481 e. The van der Waals surface area contributed by atoms with E-state index in [4.69, 9.17) is 9.47 Å². The highest BCUT2D eigenvalue weighted by atomic mass is 32.2. The molecule has 0 aliphatic carbocycles. The number of fused-ring (bicyclic) bond motifs is 1. The summed E-state index contributed by atoms with van der Waals surface area (Å²) in [5.41, 5.74) is 1.59. The summed E-state index contributed by atoms with van der Waals surface area (Å²) in [5, 5.41) is 30.6. The first-order chi connectivity index (χ1) is 27.6. The van der Waals surface area contributed by atoms with E-state index in [1.54, 1.807) is 68.4 Å². The summed E-state index contributed by atoms with van der Waals surface area (Å²) < 4.78 is 37.5. The number of para-hydroxylation sites is 1. The number of alkyl carbamates (subject to hydrolysis) is 1. The van der Waals surface area contributed by atoms with Crippen LogP contribution in [0.15, 0.2) is 78.2 Å². The Bertz CT molecular complexity index is 2060. The van der Waals surface area contributed by atoms with Gasteiger partial charge in [-0.25, -0.2) is 13.2 Å². The van der Waals surface area contributed by atoms with Crippen molar-refractivity contribution in [2.45, 2.75) is 70.3 Å². The molecular formula is C39H48N6O12S. The average molecular weight is 825 g/mol. The quantitative estimate of drug-likeness (QED) is 0.0950. The van der Waals surface area contributed by atoms with Gasteiger partial charge in [-0.1, -0.05) is 68.4 Å². The number of carboxylic acid groups (broad SMARTS) is 2. The van der Waals surface area contributed by atoms with Gasteiger partial charge in [0.2, 0.25) is 27.7 Å². The van der Waals surface area contributed by atoms with Crippen molar-refractivity contribution in [3.63, 3.8) is 0 Å². The van der Waals surface area contributed by atoms with Crippen molar-refractivity contribution in [3.05, 3.63) is 89.5 Å². The molecule has 0 saturated carbocycles. The minimum Gasteiger partial charge on any atom is -0.481 e. The molecule has 58 heavy (non-hydrogen) atoms. The maximum absolute atomic E-state index is 14.1. The summed E-state index contributed by atoms with van der Waals surface area (Å²) in [6.45, 7) is 3.75. The molecular weight excluding hydrogens is 777 g/mol. The van der Waals surface area contributed by atoms with Gasteiger partial charge in [0.05, 0.1) is 25.2 Å². The van der Waals surface area contributed by atoms with Crippen molar-refractivity contribution in [3.8, 4) is 0 Å². The number of carboxylic acids is 2. The van der Waals surface area contributed by atoms with Crippen molar-refractivity contribution in [2.24, 2.45) is 5.92 Å². The molecule has 4 rings (SSSR count). The van der Waals surface area contributed by atoms with Crippen molar-refractivity contribution >= 4 is 56.7 Å². The predicted molar refractivity (Wildman–Crippen MR) is 209 cm³/mol. The molecule has 312 valence electrons. The number of aliphatic carboxylic acids is 2. The van der Waals surface area contributed by atoms with E-state index in [9.17, 15) is 47.4 Å². The zero-order valence-corrected chi connectivity index (χ0v) is 32.9. The first kappa shape index (κ1) is 44.8. The highest BCUT2D eigenvalue weighted by Gasteiger charge is 2.33. The molecule has 1 fully saturated rings. The molecule has 0 unspecified atom stereocenters. The molecule has 4 amide bonds. The number of pyridine rings is 1. The number of hydrogen-bond acceptors (Lipinski definition) is 11. The van der Waals surface area contributed by atoms with E-state index in [0.29, 0.717) is 16.8 Å². The molecule has 2 heterocycles. The predicted octanol–water partition coefficient (Wildman–Crippen LogP) is 1.70.